The Hall–Kier alpha value is -0.590. The maximum Gasteiger partial charge on any atom is 0.139 e. The summed E-state index contributed by atoms with van der Waals surface area (Å²) in [5.41, 5.74) is 0. The molecule has 0 saturated heterocycles. The van der Waals surface area contributed by atoms with Crippen molar-refractivity contribution >= 4 is 5.78 Å². The molecule has 0 aliphatic carbocycles. The molecule has 0 rings (SSSR count). The predicted octanol–water partition coefficient (Wildman–Crippen LogP) is 2.96. The summed E-state index contributed by atoms with van der Waals surface area (Å²) in [5.74, 6) is 0.513. The number of ketones is 1. The molecule has 1 nitrogen and oxygen atoms in total. The molecule has 1 heteroatoms. The van der Waals surface area contributed by atoms with E-state index in [2.05, 4.69) is 13.0 Å². The molecule has 0 bridgehead atoms. The molecule has 0 aliphatic heterocycles. The molecule has 0 unspecified atom stereocenters. The SMILES string of the molecule is CCC/C=C\CC(=O)C(C)C. The number of carbonyl (C=O) groups excluding carboxylic acids is 1. The molecule has 0 radical (unpaired) electrons. The smallest absolute Gasteiger partial charge is 0.139 e. The number of unbranched alkanes of at least 4 members (excludes halogenated alkanes) is 1. The number of hydrogen-bond acceptors (Lipinski definition) is 1. The lowest BCUT2D eigenvalue weighted by atomic mass is 10.1. The molecule has 0 aromatic rings. The van der Waals surface area contributed by atoms with Crippen LogP contribution in [0.1, 0.15) is 40.0 Å². The van der Waals surface area contributed by atoms with Gasteiger partial charge in [-0.15, -0.1) is 0 Å². The van der Waals surface area contributed by atoms with E-state index in [0.717, 1.165) is 12.8 Å². The average Bonchev–Trinajstić information content (AvgIpc) is 1.97. The normalized spacial score (nSPS) is 11.3. The number of hydrogen-bond donors (Lipinski definition) is 0. The standard InChI is InChI=1S/C10H18O/c1-4-5-6-7-8-10(11)9(2)3/h6-7,9H,4-5,8H2,1-3H3/b7-6-. The van der Waals surface area contributed by atoms with Crippen LogP contribution in [0.15, 0.2) is 12.2 Å². The van der Waals surface area contributed by atoms with Gasteiger partial charge in [0.2, 0.25) is 0 Å². The van der Waals surface area contributed by atoms with E-state index in [1.807, 2.05) is 19.9 Å². The Labute approximate surface area is 69.5 Å². The third-order valence-corrected chi connectivity index (χ3v) is 1.58. The quantitative estimate of drug-likeness (QED) is 0.556. The Morgan fingerprint density at radius 2 is 2.00 bits per heavy atom. The minimum absolute atomic E-state index is 0.182. The van der Waals surface area contributed by atoms with Crippen LogP contribution in [-0.2, 0) is 4.79 Å². The first-order valence-corrected chi connectivity index (χ1v) is 4.36. The Morgan fingerprint density at radius 1 is 1.36 bits per heavy atom. The fourth-order valence-electron chi connectivity index (χ4n) is 0.720. The van der Waals surface area contributed by atoms with Gasteiger partial charge in [-0.1, -0.05) is 39.3 Å². The first kappa shape index (κ1) is 10.4. The summed E-state index contributed by atoms with van der Waals surface area (Å²) in [4.78, 5) is 11.1. The van der Waals surface area contributed by atoms with Crippen LogP contribution in [0.3, 0.4) is 0 Å². The molecule has 0 amide bonds. The van der Waals surface area contributed by atoms with Gasteiger partial charge in [-0.25, -0.2) is 0 Å². The molecule has 0 N–H and O–H groups in total. The molecular weight excluding hydrogens is 136 g/mol. The van der Waals surface area contributed by atoms with E-state index in [0.29, 0.717) is 12.2 Å². The number of allylic oxidation sites excluding steroid dienone is 2. The fourth-order valence-corrected chi connectivity index (χ4v) is 0.720. The second-order valence-electron chi connectivity index (χ2n) is 3.09. The lowest BCUT2D eigenvalue weighted by molar-refractivity contribution is -0.121. The summed E-state index contributed by atoms with van der Waals surface area (Å²) in [6.07, 6.45) is 6.92. The van der Waals surface area contributed by atoms with Gasteiger partial charge >= 0.3 is 0 Å². The molecule has 0 fully saturated rings. The van der Waals surface area contributed by atoms with Gasteiger partial charge in [-0.2, -0.15) is 0 Å². The van der Waals surface area contributed by atoms with Crippen LogP contribution in [0.2, 0.25) is 0 Å². The number of rotatable bonds is 5. The third-order valence-electron chi connectivity index (χ3n) is 1.58. The van der Waals surface area contributed by atoms with E-state index in [1.165, 1.54) is 0 Å². The van der Waals surface area contributed by atoms with Crippen molar-refractivity contribution in [3.8, 4) is 0 Å². The Kier molecular flexibility index (Phi) is 5.81. The molecular formula is C10H18O. The van der Waals surface area contributed by atoms with E-state index in [1.54, 1.807) is 0 Å². The highest BCUT2D eigenvalue weighted by atomic mass is 16.1. The predicted molar refractivity (Wildman–Crippen MR) is 48.5 cm³/mol. The maximum absolute atomic E-state index is 11.1. The van der Waals surface area contributed by atoms with Gasteiger partial charge in [0.15, 0.2) is 0 Å². The zero-order chi connectivity index (χ0) is 8.69. The lowest BCUT2D eigenvalue weighted by Gasteiger charge is -1.98. The summed E-state index contributed by atoms with van der Waals surface area (Å²) in [6, 6.07) is 0. The van der Waals surface area contributed by atoms with E-state index in [9.17, 15) is 4.79 Å². The Morgan fingerprint density at radius 3 is 2.45 bits per heavy atom. The van der Waals surface area contributed by atoms with Crippen LogP contribution in [0.4, 0.5) is 0 Å². The summed E-state index contributed by atoms with van der Waals surface area (Å²) >= 11 is 0. The van der Waals surface area contributed by atoms with Crippen LogP contribution in [0.5, 0.6) is 0 Å². The van der Waals surface area contributed by atoms with Crippen molar-refractivity contribution < 1.29 is 4.79 Å². The molecule has 0 heterocycles. The number of Topliss-reactive ketones (excluding diaryl/α,β-unsaturated/α-hetero) is 1. The van der Waals surface area contributed by atoms with Crippen molar-refractivity contribution in [1.29, 1.82) is 0 Å². The van der Waals surface area contributed by atoms with Gasteiger partial charge in [-0.05, 0) is 6.42 Å². The van der Waals surface area contributed by atoms with Crippen LogP contribution in [0.25, 0.3) is 0 Å². The highest BCUT2D eigenvalue weighted by molar-refractivity contribution is 5.81. The second-order valence-corrected chi connectivity index (χ2v) is 3.09. The summed E-state index contributed by atoms with van der Waals surface area (Å²) in [5, 5.41) is 0. The van der Waals surface area contributed by atoms with Gasteiger partial charge in [0, 0.05) is 12.3 Å². The van der Waals surface area contributed by atoms with Crippen molar-refractivity contribution in [1.82, 2.24) is 0 Å². The van der Waals surface area contributed by atoms with E-state index >= 15 is 0 Å². The highest BCUT2D eigenvalue weighted by Gasteiger charge is 2.02. The number of carbonyl (C=O) groups is 1. The Balaban J connectivity index is 3.45. The molecule has 64 valence electrons. The first-order chi connectivity index (χ1) is 5.18. The molecule has 0 aliphatic rings. The van der Waals surface area contributed by atoms with Crippen LogP contribution >= 0.6 is 0 Å². The van der Waals surface area contributed by atoms with Crippen LogP contribution in [-0.4, -0.2) is 5.78 Å². The van der Waals surface area contributed by atoms with Crippen molar-refractivity contribution in [2.45, 2.75) is 40.0 Å². The lowest BCUT2D eigenvalue weighted by Crippen LogP contribution is -2.04. The van der Waals surface area contributed by atoms with Crippen LogP contribution in [0, 0.1) is 5.92 Å². The maximum atomic E-state index is 11.1. The summed E-state index contributed by atoms with van der Waals surface area (Å²) in [6.45, 7) is 6.01. The zero-order valence-corrected chi connectivity index (χ0v) is 7.76. The van der Waals surface area contributed by atoms with E-state index in [4.69, 9.17) is 0 Å². The molecule has 0 atom stereocenters. The third kappa shape index (κ3) is 5.84. The summed E-state index contributed by atoms with van der Waals surface area (Å²) in [7, 11) is 0. The second kappa shape index (κ2) is 6.14. The van der Waals surface area contributed by atoms with Crippen molar-refractivity contribution in [2.24, 2.45) is 5.92 Å². The molecule has 11 heavy (non-hydrogen) atoms. The average molecular weight is 154 g/mol. The highest BCUT2D eigenvalue weighted by Crippen LogP contribution is 2.00. The molecule has 0 aromatic carbocycles. The fraction of sp³-hybridized carbons (Fsp3) is 0.700. The minimum Gasteiger partial charge on any atom is -0.299 e. The molecule has 0 saturated carbocycles. The van der Waals surface area contributed by atoms with Crippen molar-refractivity contribution in [3.63, 3.8) is 0 Å². The van der Waals surface area contributed by atoms with E-state index in [-0.39, 0.29) is 5.92 Å². The van der Waals surface area contributed by atoms with E-state index < -0.39 is 0 Å². The van der Waals surface area contributed by atoms with Gasteiger partial charge in [0.1, 0.15) is 5.78 Å². The van der Waals surface area contributed by atoms with Crippen molar-refractivity contribution in [2.75, 3.05) is 0 Å². The van der Waals surface area contributed by atoms with Gasteiger partial charge in [0.25, 0.3) is 0 Å². The van der Waals surface area contributed by atoms with Gasteiger partial charge in [0.05, 0.1) is 0 Å². The minimum atomic E-state index is 0.182. The first-order valence-electron chi connectivity index (χ1n) is 4.36. The summed E-state index contributed by atoms with van der Waals surface area (Å²) < 4.78 is 0. The van der Waals surface area contributed by atoms with Gasteiger partial charge < -0.3 is 0 Å². The monoisotopic (exact) mass is 154 g/mol. The van der Waals surface area contributed by atoms with Crippen LogP contribution < -0.4 is 0 Å². The van der Waals surface area contributed by atoms with Gasteiger partial charge in [-0.3, -0.25) is 4.79 Å². The zero-order valence-electron chi connectivity index (χ0n) is 7.76. The topological polar surface area (TPSA) is 17.1 Å². The Bertz CT molecular complexity index is 134. The molecule has 0 spiro atoms. The molecule has 0 aromatic heterocycles. The largest absolute Gasteiger partial charge is 0.299 e. The van der Waals surface area contributed by atoms with Crippen molar-refractivity contribution in [3.05, 3.63) is 12.2 Å².